The number of likely N-dealkylation sites (N-methyl/N-ethyl adjacent to an activating group) is 1. The number of carbonyl (C=O) groups is 1. The Morgan fingerprint density at radius 3 is 1.88 bits per heavy atom. The molecule has 0 amide bonds. The van der Waals surface area contributed by atoms with Crippen LogP contribution in [0.2, 0.25) is 0 Å². The molecule has 1 unspecified atom stereocenters. The van der Waals surface area contributed by atoms with Crippen LogP contribution in [0.3, 0.4) is 0 Å². The molecular weight excluding hydrogens is 449 g/mol. The minimum absolute atomic E-state index is 0.0248. The van der Waals surface area contributed by atoms with Crippen LogP contribution >= 0.6 is 7.82 Å². The maximum atomic E-state index is 11.8. The predicted molar refractivity (Wildman–Crippen MR) is 127 cm³/mol. The summed E-state index contributed by atoms with van der Waals surface area (Å²) in [6, 6.07) is 0. The fourth-order valence-electron chi connectivity index (χ4n) is 3.12. The third-order valence-electron chi connectivity index (χ3n) is 5.24. The van der Waals surface area contributed by atoms with Crippen molar-refractivity contribution in [3.05, 3.63) is 0 Å². The number of hydrogen-bond acceptors (Lipinski definition) is 8. The number of esters is 1. The molecule has 0 aliphatic rings. The highest BCUT2D eigenvalue weighted by atomic mass is 31.2. The zero-order valence-electron chi connectivity index (χ0n) is 21.3. The summed E-state index contributed by atoms with van der Waals surface area (Å²) in [4.78, 5) is 27.7. The van der Waals surface area contributed by atoms with Crippen molar-refractivity contribution in [2.45, 2.75) is 96.5 Å². The number of quaternary nitrogens is 1. The topological polar surface area (TPSA) is 114 Å². The molecule has 0 aliphatic heterocycles. The van der Waals surface area contributed by atoms with Crippen molar-refractivity contribution in [3.8, 4) is 0 Å². The van der Waals surface area contributed by atoms with Crippen LogP contribution in [-0.2, 0) is 28.0 Å². The number of hydrogen-bond donors (Lipinski definition) is 1. The SMILES string of the molecule is CCCCCCCCCCCCCCC(=O)OC[C@H](COP(=O)([O-])OCC[N+](C)(C)C)OO. The molecule has 0 aromatic rings. The third-order valence-corrected chi connectivity index (χ3v) is 6.21. The van der Waals surface area contributed by atoms with E-state index in [2.05, 4.69) is 11.8 Å². The molecule has 10 heteroatoms. The standard InChI is InChI=1S/C23H48NO8P/c1-5-6-7-8-9-10-11-12-13-14-15-16-17-23(25)29-20-22(32-26)21-31-33(27,28)30-19-18-24(2,3)4/h22H,5-21H2,1-4H3,(H-,26,27,28)/t22-/m1/s1. The molecule has 0 radical (unpaired) electrons. The van der Waals surface area contributed by atoms with E-state index in [0.717, 1.165) is 19.3 Å². The molecule has 1 N–H and O–H groups in total. The fourth-order valence-corrected chi connectivity index (χ4v) is 3.84. The molecule has 198 valence electrons. The first kappa shape index (κ1) is 32.5. The highest BCUT2D eigenvalue weighted by molar-refractivity contribution is 7.45. The van der Waals surface area contributed by atoms with Crippen molar-refractivity contribution in [1.29, 1.82) is 0 Å². The van der Waals surface area contributed by atoms with E-state index in [4.69, 9.17) is 19.0 Å². The van der Waals surface area contributed by atoms with Crippen LogP contribution in [0.5, 0.6) is 0 Å². The number of rotatable bonds is 23. The van der Waals surface area contributed by atoms with E-state index in [9.17, 15) is 14.3 Å². The summed E-state index contributed by atoms with van der Waals surface area (Å²) in [6.45, 7) is 1.88. The highest BCUT2D eigenvalue weighted by Gasteiger charge is 2.19. The van der Waals surface area contributed by atoms with Gasteiger partial charge in [-0.2, -0.15) is 0 Å². The van der Waals surface area contributed by atoms with Gasteiger partial charge in [-0.3, -0.25) is 14.6 Å². The van der Waals surface area contributed by atoms with Gasteiger partial charge in [0.1, 0.15) is 19.8 Å². The lowest BCUT2D eigenvalue weighted by molar-refractivity contribution is -0.870. The van der Waals surface area contributed by atoms with Crippen LogP contribution in [0.4, 0.5) is 0 Å². The summed E-state index contributed by atoms with van der Waals surface area (Å²) in [5.74, 6) is -0.409. The molecule has 0 aliphatic carbocycles. The molecule has 2 atom stereocenters. The second-order valence-corrected chi connectivity index (χ2v) is 11.1. The Hall–Kier alpha value is -0.540. The second kappa shape index (κ2) is 19.7. The molecule has 0 fully saturated rings. The van der Waals surface area contributed by atoms with Gasteiger partial charge >= 0.3 is 5.97 Å². The minimum Gasteiger partial charge on any atom is -0.756 e. The monoisotopic (exact) mass is 497 g/mol. The lowest BCUT2D eigenvalue weighted by Crippen LogP contribution is -2.37. The summed E-state index contributed by atoms with van der Waals surface area (Å²) in [5.41, 5.74) is 0. The van der Waals surface area contributed by atoms with E-state index in [1.165, 1.54) is 57.8 Å². The summed E-state index contributed by atoms with van der Waals surface area (Å²) < 4.78 is 26.8. The van der Waals surface area contributed by atoms with Crippen molar-refractivity contribution in [1.82, 2.24) is 0 Å². The van der Waals surface area contributed by atoms with Gasteiger partial charge in [0.2, 0.25) is 0 Å². The maximum absolute atomic E-state index is 11.8. The van der Waals surface area contributed by atoms with E-state index >= 15 is 0 Å². The zero-order valence-corrected chi connectivity index (χ0v) is 22.2. The Bertz CT molecular complexity index is 527. The Labute approximate surface area is 200 Å². The van der Waals surface area contributed by atoms with Gasteiger partial charge in [-0.15, -0.1) is 0 Å². The van der Waals surface area contributed by atoms with Gasteiger partial charge < -0.3 is 23.2 Å². The second-order valence-electron chi connectivity index (χ2n) is 9.64. The van der Waals surface area contributed by atoms with Crippen molar-refractivity contribution >= 4 is 13.8 Å². The maximum Gasteiger partial charge on any atom is 0.305 e. The van der Waals surface area contributed by atoms with Gasteiger partial charge in [0.25, 0.3) is 7.82 Å². The first-order chi connectivity index (χ1) is 15.6. The summed E-state index contributed by atoms with van der Waals surface area (Å²) in [5, 5.41) is 8.90. The van der Waals surface area contributed by atoms with Gasteiger partial charge in [0.05, 0.1) is 27.7 Å². The third kappa shape index (κ3) is 23.0. The first-order valence-corrected chi connectivity index (χ1v) is 13.9. The van der Waals surface area contributed by atoms with Crippen molar-refractivity contribution in [2.24, 2.45) is 0 Å². The van der Waals surface area contributed by atoms with E-state index in [0.29, 0.717) is 11.0 Å². The molecule has 0 aromatic heterocycles. The number of carbonyl (C=O) groups excluding carboxylic acids is 1. The Morgan fingerprint density at radius 1 is 0.879 bits per heavy atom. The van der Waals surface area contributed by atoms with Crippen LogP contribution in [0.1, 0.15) is 90.4 Å². The Morgan fingerprint density at radius 2 is 1.39 bits per heavy atom. The lowest BCUT2D eigenvalue weighted by Gasteiger charge is -2.27. The zero-order chi connectivity index (χ0) is 25.0. The van der Waals surface area contributed by atoms with Crippen molar-refractivity contribution < 1.29 is 42.7 Å². The Kier molecular flexibility index (Phi) is 19.4. The van der Waals surface area contributed by atoms with E-state index in [1.807, 2.05) is 21.1 Å². The number of phosphoric ester groups is 1. The summed E-state index contributed by atoms with van der Waals surface area (Å²) >= 11 is 0. The molecule has 0 bridgehead atoms. The van der Waals surface area contributed by atoms with Crippen LogP contribution in [0.25, 0.3) is 0 Å². The van der Waals surface area contributed by atoms with Crippen molar-refractivity contribution in [2.75, 3.05) is 47.5 Å². The molecule has 33 heavy (non-hydrogen) atoms. The van der Waals surface area contributed by atoms with E-state index < -0.39 is 26.5 Å². The first-order valence-electron chi connectivity index (χ1n) is 12.5. The quantitative estimate of drug-likeness (QED) is 0.0540. The highest BCUT2D eigenvalue weighted by Crippen LogP contribution is 2.38. The number of ether oxygens (including phenoxy) is 1. The number of nitrogens with zero attached hydrogens (tertiary/aromatic N) is 1. The van der Waals surface area contributed by atoms with Gasteiger partial charge in [0.15, 0.2) is 6.10 Å². The van der Waals surface area contributed by atoms with Crippen LogP contribution in [-0.4, -0.2) is 69.3 Å². The average molecular weight is 498 g/mol. The fraction of sp³-hybridized carbons (Fsp3) is 0.957. The number of unbranched alkanes of at least 4 members (excludes halogenated alkanes) is 11. The Balaban J connectivity index is 3.74. The van der Waals surface area contributed by atoms with Gasteiger partial charge in [0, 0.05) is 6.42 Å². The summed E-state index contributed by atoms with van der Waals surface area (Å²) in [6.07, 6.45) is 13.7. The molecule has 0 spiro atoms. The molecule has 0 saturated heterocycles. The van der Waals surface area contributed by atoms with Crippen LogP contribution < -0.4 is 4.89 Å². The van der Waals surface area contributed by atoms with E-state index in [1.54, 1.807) is 0 Å². The molecule has 0 saturated carbocycles. The van der Waals surface area contributed by atoms with Gasteiger partial charge in [-0.25, -0.2) is 4.89 Å². The molecule has 0 heterocycles. The number of phosphoric acid groups is 1. The summed E-state index contributed by atoms with van der Waals surface area (Å²) in [7, 11) is 1.18. The largest absolute Gasteiger partial charge is 0.756 e. The molecule has 0 aromatic carbocycles. The average Bonchev–Trinajstić information content (AvgIpc) is 2.73. The van der Waals surface area contributed by atoms with Crippen molar-refractivity contribution in [3.63, 3.8) is 0 Å². The van der Waals surface area contributed by atoms with Crippen LogP contribution in [0.15, 0.2) is 0 Å². The van der Waals surface area contributed by atoms with E-state index in [-0.39, 0.29) is 19.6 Å². The molecule has 0 rings (SSSR count). The van der Waals surface area contributed by atoms with Crippen LogP contribution in [0, 0.1) is 0 Å². The minimum atomic E-state index is -4.53. The smallest absolute Gasteiger partial charge is 0.305 e. The molecule has 9 nitrogen and oxygen atoms in total. The molecular formula is C23H48NO8P. The normalized spacial score (nSPS) is 14.7. The predicted octanol–water partition coefficient (Wildman–Crippen LogP) is 4.69. The van der Waals surface area contributed by atoms with Gasteiger partial charge in [-0.05, 0) is 6.42 Å². The lowest BCUT2D eigenvalue weighted by atomic mass is 10.0. The van der Waals surface area contributed by atoms with Gasteiger partial charge in [-0.1, -0.05) is 77.6 Å².